The van der Waals surface area contributed by atoms with Crippen LogP contribution in [0.3, 0.4) is 0 Å². The van der Waals surface area contributed by atoms with Gasteiger partial charge in [-0.3, -0.25) is 4.79 Å². The summed E-state index contributed by atoms with van der Waals surface area (Å²) in [4.78, 5) is 25.1. The zero-order chi connectivity index (χ0) is 16.6. The van der Waals surface area contributed by atoms with Crippen LogP contribution in [0, 0.1) is 11.7 Å². The number of nitrogens with zero attached hydrogens (tertiary/aromatic N) is 1. The third kappa shape index (κ3) is 2.84. The molecule has 1 saturated heterocycles. The highest BCUT2D eigenvalue weighted by Crippen LogP contribution is 2.38. The number of carboxylic acids is 1. The molecule has 2 aromatic rings. The third-order valence-electron chi connectivity index (χ3n) is 4.18. The Hall–Kier alpha value is -2.63. The Bertz CT molecular complexity index is 755. The highest BCUT2D eigenvalue weighted by molar-refractivity contribution is 5.94. The topological polar surface area (TPSA) is 70.8 Å². The fourth-order valence-corrected chi connectivity index (χ4v) is 3.08. The molecule has 1 aliphatic rings. The van der Waals surface area contributed by atoms with Gasteiger partial charge in [-0.15, -0.1) is 0 Å². The molecule has 2 heterocycles. The van der Waals surface area contributed by atoms with Crippen molar-refractivity contribution in [2.75, 3.05) is 6.54 Å². The molecule has 0 aliphatic carbocycles. The second kappa shape index (κ2) is 5.87. The zero-order valence-electron chi connectivity index (χ0n) is 12.5. The number of benzene rings is 1. The fraction of sp³-hybridized carbons (Fsp3) is 0.294. The molecule has 1 fully saturated rings. The summed E-state index contributed by atoms with van der Waals surface area (Å²) in [6.07, 6.45) is 0.791. The van der Waals surface area contributed by atoms with Gasteiger partial charge in [-0.2, -0.15) is 0 Å². The van der Waals surface area contributed by atoms with Crippen molar-refractivity contribution in [3.8, 4) is 0 Å². The SMILES string of the molecule is CC1CCN(C(=O)c2ccc(C(=O)O)o2)C1c1cccc(F)c1. The van der Waals surface area contributed by atoms with Crippen molar-refractivity contribution >= 4 is 11.9 Å². The summed E-state index contributed by atoms with van der Waals surface area (Å²) in [5.41, 5.74) is 0.730. The van der Waals surface area contributed by atoms with Gasteiger partial charge in [-0.25, -0.2) is 9.18 Å². The van der Waals surface area contributed by atoms with E-state index in [4.69, 9.17) is 9.52 Å². The molecule has 3 rings (SSSR count). The van der Waals surface area contributed by atoms with E-state index in [1.54, 1.807) is 17.0 Å². The van der Waals surface area contributed by atoms with Crippen LogP contribution in [0.4, 0.5) is 4.39 Å². The van der Waals surface area contributed by atoms with E-state index in [0.717, 1.165) is 12.0 Å². The number of likely N-dealkylation sites (tertiary alicyclic amines) is 1. The van der Waals surface area contributed by atoms with Crippen LogP contribution in [0.5, 0.6) is 0 Å². The number of hydrogen-bond acceptors (Lipinski definition) is 3. The van der Waals surface area contributed by atoms with E-state index in [0.29, 0.717) is 6.54 Å². The van der Waals surface area contributed by atoms with Crippen molar-refractivity contribution in [2.45, 2.75) is 19.4 Å². The summed E-state index contributed by atoms with van der Waals surface area (Å²) < 4.78 is 18.6. The number of carbonyl (C=O) groups excluding carboxylic acids is 1. The lowest BCUT2D eigenvalue weighted by Crippen LogP contribution is -2.31. The molecule has 1 aromatic heterocycles. The first-order valence-electron chi connectivity index (χ1n) is 7.37. The maximum Gasteiger partial charge on any atom is 0.371 e. The molecule has 1 aliphatic heterocycles. The van der Waals surface area contributed by atoms with Gasteiger partial charge in [0.2, 0.25) is 5.76 Å². The van der Waals surface area contributed by atoms with Crippen LogP contribution in [0.15, 0.2) is 40.8 Å². The van der Waals surface area contributed by atoms with Crippen LogP contribution in [-0.4, -0.2) is 28.4 Å². The van der Waals surface area contributed by atoms with E-state index in [-0.39, 0.29) is 35.2 Å². The molecule has 1 N–H and O–H groups in total. The first-order chi connectivity index (χ1) is 11.0. The Morgan fingerprint density at radius 3 is 2.65 bits per heavy atom. The summed E-state index contributed by atoms with van der Waals surface area (Å²) in [7, 11) is 0. The van der Waals surface area contributed by atoms with Crippen LogP contribution < -0.4 is 0 Å². The second-order valence-electron chi connectivity index (χ2n) is 5.73. The molecular formula is C17H16FNO4. The van der Waals surface area contributed by atoms with Crippen molar-refractivity contribution in [2.24, 2.45) is 5.92 Å². The Morgan fingerprint density at radius 2 is 2.00 bits per heavy atom. The van der Waals surface area contributed by atoms with E-state index in [9.17, 15) is 14.0 Å². The van der Waals surface area contributed by atoms with E-state index in [2.05, 4.69) is 0 Å². The number of halogens is 1. The summed E-state index contributed by atoms with van der Waals surface area (Å²) in [5.74, 6) is -2.06. The average Bonchev–Trinajstić information content (AvgIpc) is 3.13. The first kappa shape index (κ1) is 15.3. The summed E-state index contributed by atoms with van der Waals surface area (Å²) >= 11 is 0. The van der Waals surface area contributed by atoms with Crippen molar-refractivity contribution in [1.82, 2.24) is 4.90 Å². The molecule has 0 spiro atoms. The smallest absolute Gasteiger partial charge is 0.371 e. The predicted octanol–water partition coefficient (Wildman–Crippen LogP) is 3.34. The lowest BCUT2D eigenvalue weighted by Gasteiger charge is -2.26. The Morgan fingerprint density at radius 1 is 1.26 bits per heavy atom. The van der Waals surface area contributed by atoms with Gasteiger partial charge in [-0.1, -0.05) is 19.1 Å². The van der Waals surface area contributed by atoms with Crippen LogP contribution >= 0.6 is 0 Å². The Balaban J connectivity index is 1.90. The molecule has 1 amide bonds. The van der Waals surface area contributed by atoms with Crippen LogP contribution in [0.1, 0.15) is 46.1 Å². The van der Waals surface area contributed by atoms with Crippen molar-refractivity contribution < 1.29 is 23.5 Å². The van der Waals surface area contributed by atoms with E-state index >= 15 is 0 Å². The molecular weight excluding hydrogens is 301 g/mol. The number of amides is 1. The number of aromatic carboxylic acids is 1. The lowest BCUT2D eigenvalue weighted by atomic mass is 9.95. The lowest BCUT2D eigenvalue weighted by molar-refractivity contribution is 0.0641. The summed E-state index contributed by atoms with van der Waals surface area (Å²) in [6, 6.07) is 8.56. The highest BCUT2D eigenvalue weighted by atomic mass is 19.1. The average molecular weight is 317 g/mol. The number of hydrogen-bond donors (Lipinski definition) is 1. The van der Waals surface area contributed by atoms with Gasteiger partial charge in [-0.05, 0) is 42.2 Å². The molecule has 1 aromatic carbocycles. The largest absolute Gasteiger partial charge is 0.475 e. The molecule has 0 bridgehead atoms. The summed E-state index contributed by atoms with van der Waals surface area (Å²) in [5, 5.41) is 8.89. The van der Waals surface area contributed by atoms with Gasteiger partial charge in [0.15, 0.2) is 5.76 Å². The van der Waals surface area contributed by atoms with Crippen molar-refractivity contribution in [3.05, 3.63) is 59.3 Å². The molecule has 2 unspecified atom stereocenters. The normalized spacial score (nSPS) is 20.7. The number of carboxylic acid groups (broad SMARTS) is 1. The molecule has 5 nitrogen and oxygen atoms in total. The maximum atomic E-state index is 13.5. The molecule has 0 radical (unpaired) electrons. The maximum absolute atomic E-state index is 13.5. The quantitative estimate of drug-likeness (QED) is 0.942. The number of furan rings is 1. The standard InChI is InChI=1S/C17H16FNO4/c1-10-7-8-19(15(10)11-3-2-4-12(18)9-11)16(20)13-5-6-14(23-13)17(21)22/h2-6,9-10,15H,7-8H2,1H3,(H,21,22). The second-order valence-corrected chi connectivity index (χ2v) is 5.73. The molecule has 6 heteroatoms. The number of carbonyl (C=O) groups is 2. The molecule has 120 valence electrons. The highest BCUT2D eigenvalue weighted by Gasteiger charge is 2.37. The van der Waals surface area contributed by atoms with Gasteiger partial charge < -0.3 is 14.4 Å². The third-order valence-corrected chi connectivity index (χ3v) is 4.18. The van der Waals surface area contributed by atoms with Gasteiger partial charge >= 0.3 is 5.97 Å². The van der Waals surface area contributed by atoms with Gasteiger partial charge in [0.25, 0.3) is 5.91 Å². The van der Waals surface area contributed by atoms with Gasteiger partial charge in [0.1, 0.15) is 5.82 Å². The van der Waals surface area contributed by atoms with Crippen molar-refractivity contribution in [3.63, 3.8) is 0 Å². The first-order valence-corrected chi connectivity index (χ1v) is 7.37. The van der Waals surface area contributed by atoms with Crippen LogP contribution in [0.25, 0.3) is 0 Å². The van der Waals surface area contributed by atoms with Crippen LogP contribution in [0.2, 0.25) is 0 Å². The van der Waals surface area contributed by atoms with E-state index in [1.165, 1.54) is 24.3 Å². The Kier molecular flexibility index (Phi) is 3.90. The zero-order valence-corrected chi connectivity index (χ0v) is 12.5. The monoisotopic (exact) mass is 317 g/mol. The summed E-state index contributed by atoms with van der Waals surface area (Å²) in [6.45, 7) is 2.53. The van der Waals surface area contributed by atoms with Crippen LogP contribution in [-0.2, 0) is 0 Å². The predicted molar refractivity (Wildman–Crippen MR) is 79.6 cm³/mol. The number of rotatable bonds is 3. The minimum absolute atomic E-state index is 0.0158. The van der Waals surface area contributed by atoms with Crippen molar-refractivity contribution in [1.29, 1.82) is 0 Å². The minimum Gasteiger partial charge on any atom is -0.475 e. The molecule has 0 saturated carbocycles. The molecule has 23 heavy (non-hydrogen) atoms. The van der Waals surface area contributed by atoms with Gasteiger partial charge in [0, 0.05) is 6.54 Å². The Labute approximate surface area is 132 Å². The van der Waals surface area contributed by atoms with E-state index in [1.807, 2.05) is 6.92 Å². The molecule has 2 atom stereocenters. The minimum atomic E-state index is -1.22. The fourth-order valence-electron chi connectivity index (χ4n) is 3.08. The van der Waals surface area contributed by atoms with Gasteiger partial charge in [0.05, 0.1) is 6.04 Å². The van der Waals surface area contributed by atoms with E-state index < -0.39 is 5.97 Å².